The number of nitrogens with one attached hydrogen (secondary N) is 1. The van der Waals surface area contributed by atoms with Crippen LogP contribution in [0.5, 0.6) is 5.88 Å². The first-order valence-corrected chi connectivity index (χ1v) is 16.3. The summed E-state index contributed by atoms with van der Waals surface area (Å²) < 4.78 is 78.5. The summed E-state index contributed by atoms with van der Waals surface area (Å²) in [6, 6.07) is 12.0. The van der Waals surface area contributed by atoms with Crippen LogP contribution in [0, 0.1) is 19.3 Å². The lowest BCUT2D eigenvalue weighted by Gasteiger charge is -2.38. The monoisotopic (exact) mass is 641 g/mol. The van der Waals surface area contributed by atoms with E-state index in [0.717, 1.165) is 22.8 Å². The number of hydrogen-bond donors (Lipinski definition) is 2. The van der Waals surface area contributed by atoms with Crippen LogP contribution in [-0.2, 0) is 10.0 Å². The second kappa shape index (κ2) is 11.4. The molecule has 3 aliphatic rings. The van der Waals surface area contributed by atoms with Crippen LogP contribution in [0.15, 0.2) is 65.2 Å². The molecule has 6 rings (SSSR count). The molecule has 2 saturated carbocycles. The SMILES string of the molecule is Cc1cccc(C)c1-c1cc2nc(n1)NS(=O)(=O)c1cccc(c1)C(=O)N(C1CCC(N)CC1)/C(=C/C1(C(F)(F)F)CC1)CO2. The van der Waals surface area contributed by atoms with Gasteiger partial charge in [0.15, 0.2) is 0 Å². The maximum atomic E-state index is 14.3. The lowest BCUT2D eigenvalue weighted by Crippen LogP contribution is -2.45. The predicted octanol–water partition coefficient (Wildman–Crippen LogP) is 5.89. The van der Waals surface area contributed by atoms with Gasteiger partial charge in [-0.3, -0.25) is 4.79 Å². The molecule has 2 aromatic carbocycles. The van der Waals surface area contributed by atoms with E-state index >= 15 is 0 Å². The van der Waals surface area contributed by atoms with Crippen molar-refractivity contribution in [2.75, 3.05) is 11.3 Å². The number of sulfonamides is 1. The number of rotatable bonds is 3. The van der Waals surface area contributed by atoms with Gasteiger partial charge in [0.1, 0.15) is 6.61 Å². The number of aryl methyl sites for hydroxylation is 2. The second-order valence-electron chi connectivity index (χ2n) is 12.1. The molecule has 4 bridgehead atoms. The molecule has 238 valence electrons. The fourth-order valence-electron chi connectivity index (χ4n) is 6.19. The highest BCUT2D eigenvalue weighted by molar-refractivity contribution is 7.92. The molecule has 1 aromatic heterocycles. The summed E-state index contributed by atoms with van der Waals surface area (Å²) in [5.74, 6) is -0.959. The van der Waals surface area contributed by atoms with E-state index in [9.17, 15) is 26.4 Å². The third kappa shape index (κ3) is 6.15. The summed E-state index contributed by atoms with van der Waals surface area (Å²) in [5.41, 5.74) is 6.95. The Labute approximate surface area is 259 Å². The second-order valence-corrected chi connectivity index (χ2v) is 13.8. The van der Waals surface area contributed by atoms with Gasteiger partial charge in [-0.25, -0.2) is 18.1 Å². The highest BCUT2D eigenvalue weighted by Gasteiger charge is 2.62. The third-order valence-corrected chi connectivity index (χ3v) is 10.2. The summed E-state index contributed by atoms with van der Waals surface area (Å²) in [7, 11) is -4.28. The predicted molar refractivity (Wildman–Crippen MR) is 162 cm³/mol. The van der Waals surface area contributed by atoms with Crippen molar-refractivity contribution in [1.29, 1.82) is 0 Å². The highest BCUT2D eigenvalue weighted by atomic mass is 32.2. The summed E-state index contributed by atoms with van der Waals surface area (Å²) >= 11 is 0. The van der Waals surface area contributed by atoms with E-state index in [1.807, 2.05) is 32.0 Å². The Kier molecular flexibility index (Phi) is 7.88. The van der Waals surface area contributed by atoms with Gasteiger partial charge >= 0.3 is 6.18 Å². The zero-order valence-corrected chi connectivity index (χ0v) is 25.7. The van der Waals surface area contributed by atoms with Gasteiger partial charge in [0, 0.05) is 29.3 Å². The van der Waals surface area contributed by atoms with Crippen molar-refractivity contribution in [1.82, 2.24) is 14.9 Å². The topological polar surface area (TPSA) is 128 Å². The van der Waals surface area contributed by atoms with Crippen LogP contribution < -0.4 is 15.2 Å². The van der Waals surface area contributed by atoms with E-state index in [1.54, 1.807) is 0 Å². The number of carbonyl (C=O) groups excluding carboxylic acids is 1. The van der Waals surface area contributed by atoms with Crippen molar-refractivity contribution in [3.05, 3.63) is 77.0 Å². The molecule has 1 aliphatic heterocycles. The fourth-order valence-corrected chi connectivity index (χ4v) is 7.18. The molecule has 2 heterocycles. The maximum Gasteiger partial charge on any atom is 0.397 e. The summed E-state index contributed by atoms with van der Waals surface area (Å²) in [4.78, 5) is 24.2. The number of fused-ring (bicyclic) bond motifs is 4. The zero-order valence-electron chi connectivity index (χ0n) is 24.9. The van der Waals surface area contributed by atoms with Gasteiger partial charge < -0.3 is 15.4 Å². The Morgan fingerprint density at radius 2 is 1.69 bits per heavy atom. The smallest absolute Gasteiger partial charge is 0.397 e. The van der Waals surface area contributed by atoms with Gasteiger partial charge in [-0.15, -0.1) is 0 Å². The molecule has 0 radical (unpaired) electrons. The fraction of sp³-hybridized carbons (Fsp3) is 0.406. The molecule has 0 spiro atoms. The van der Waals surface area contributed by atoms with E-state index in [1.165, 1.54) is 35.2 Å². The average Bonchev–Trinajstić information content (AvgIpc) is 3.77. The minimum atomic E-state index is -4.53. The van der Waals surface area contributed by atoms with Gasteiger partial charge in [-0.1, -0.05) is 24.3 Å². The summed E-state index contributed by atoms with van der Waals surface area (Å²) in [6.07, 6.45) is -1.52. The van der Waals surface area contributed by atoms with Crippen molar-refractivity contribution >= 4 is 21.9 Å². The van der Waals surface area contributed by atoms with Crippen molar-refractivity contribution in [2.24, 2.45) is 11.1 Å². The molecular formula is C32H34F3N5O4S. The first kappa shape index (κ1) is 31.0. The number of amides is 1. The molecule has 0 unspecified atom stereocenters. The van der Waals surface area contributed by atoms with Gasteiger partial charge in [-0.2, -0.15) is 18.2 Å². The van der Waals surface area contributed by atoms with Crippen LogP contribution in [0.4, 0.5) is 19.1 Å². The zero-order chi connectivity index (χ0) is 32.1. The van der Waals surface area contributed by atoms with Crippen LogP contribution in [0.1, 0.15) is 60.0 Å². The number of nitrogens with zero attached hydrogens (tertiary/aromatic N) is 3. The molecule has 3 aromatic rings. The molecule has 1 amide bonds. The Balaban J connectivity index is 1.55. The van der Waals surface area contributed by atoms with E-state index in [4.69, 9.17) is 10.5 Å². The van der Waals surface area contributed by atoms with Crippen molar-refractivity contribution in [2.45, 2.75) is 75.5 Å². The Bertz CT molecular complexity index is 1760. The van der Waals surface area contributed by atoms with Crippen LogP contribution in [0.25, 0.3) is 11.3 Å². The lowest BCUT2D eigenvalue weighted by molar-refractivity contribution is -0.172. The van der Waals surface area contributed by atoms with Crippen molar-refractivity contribution in [3.63, 3.8) is 0 Å². The lowest BCUT2D eigenvalue weighted by atomic mass is 9.89. The molecule has 9 nitrogen and oxygen atoms in total. The normalized spacial score (nSPS) is 23.6. The third-order valence-electron chi connectivity index (χ3n) is 8.86. The van der Waals surface area contributed by atoms with Crippen molar-refractivity contribution in [3.8, 4) is 17.1 Å². The van der Waals surface area contributed by atoms with Crippen LogP contribution in [-0.4, -0.2) is 54.1 Å². The van der Waals surface area contributed by atoms with Gasteiger partial charge in [-0.05, 0) is 87.8 Å². The summed E-state index contributed by atoms with van der Waals surface area (Å²) in [6.45, 7) is 3.35. The number of carbonyl (C=O) groups is 1. The number of anilines is 1. The molecule has 2 aliphatic carbocycles. The van der Waals surface area contributed by atoms with Crippen LogP contribution >= 0.6 is 0 Å². The Morgan fingerprint density at radius 3 is 2.33 bits per heavy atom. The van der Waals surface area contributed by atoms with Gasteiger partial charge in [0.05, 0.1) is 21.7 Å². The number of allylic oxidation sites excluding steroid dienone is 1. The Hall–Kier alpha value is -3.97. The standard InChI is InChI=1S/C32H34F3N5O4S/c1-19-5-3-6-20(2)28(19)26-16-27-38-30(37-26)39-45(42,43)25-8-4-7-21(15-25)29(41)40(23-11-9-22(36)10-12-23)24(18-44-27)17-31(13-14-31)32(33,34)35/h3-8,15-17,22-23H,9-14,18,36H2,1-2H3,(H,37,38,39)/b24-17+. The molecule has 3 N–H and O–H groups in total. The number of nitrogens with two attached hydrogens (primary N) is 1. The number of alkyl halides is 3. The van der Waals surface area contributed by atoms with Crippen LogP contribution in [0.3, 0.4) is 0 Å². The van der Waals surface area contributed by atoms with Gasteiger partial charge in [0.25, 0.3) is 15.9 Å². The van der Waals surface area contributed by atoms with Crippen LogP contribution in [0.2, 0.25) is 0 Å². The molecule has 13 heteroatoms. The first-order valence-electron chi connectivity index (χ1n) is 14.9. The number of aromatic nitrogens is 2. The molecule has 45 heavy (non-hydrogen) atoms. The Morgan fingerprint density at radius 1 is 1.02 bits per heavy atom. The minimum Gasteiger partial charge on any atom is -0.471 e. The molecule has 2 fully saturated rings. The number of halogens is 3. The number of ether oxygens (including phenoxy) is 1. The number of hydrogen-bond acceptors (Lipinski definition) is 7. The van der Waals surface area contributed by atoms with Gasteiger partial charge in [0.2, 0.25) is 11.8 Å². The van der Waals surface area contributed by atoms with E-state index in [0.29, 0.717) is 31.4 Å². The maximum absolute atomic E-state index is 14.3. The van der Waals surface area contributed by atoms with E-state index in [-0.39, 0.29) is 46.9 Å². The molecule has 0 atom stereocenters. The number of benzene rings is 2. The molecule has 0 saturated heterocycles. The van der Waals surface area contributed by atoms with E-state index in [2.05, 4.69) is 14.7 Å². The minimum absolute atomic E-state index is 0.0126. The quantitative estimate of drug-likeness (QED) is 0.365. The summed E-state index contributed by atoms with van der Waals surface area (Å²) in [5, 5.41) is 0. The largest absolute Gasteiger partial charge is 0.471 e. The van der Waals surface area contributed by atoms with E-state index < -0.39 is 40.2 Å². The molecular weight excluding hydrogens is 607 g/mol. The van der Waals surface area contributed by atoms with Crippen molar-refractivity contribution < 1.29 is 31.1 Å². The average molecular weight is 642 g/mol. The highest BCUT2D eigenvalue weighted by Crippen LogP contribution is 2.59. The first-order chi connectivity index (χ1) is 21.3.